The van der Waals surface area contributed by atoms with Crippen molar-refractivity contribution in [2.24, 2.45) is 0 Å². The van der Waals surface area contributed by atoms with Crippen LogP contribution in [0.15, 0.2) is 18.2 Å². The highest BCUT2D eigenvalue weighted by Crippen LogP contribution is 2.33. The lowest BCUT2D eigenvalue weighted by molar-refractivity contribution is 0.414. The molecule has 0 unspecified atom stereocenters. The minimum atomic E-state index is 0.538. The molecule has 0 spiro atoms. The van der Waals surface area contributed by atoms with E-state index >= 15 is 0 Å². The topological polar surface area (TPSA) is 36.5 Å². The summed E-state index contributed by atoms with van der Waals surface area (Å²) in [6, 6.07) is 6.96. The number of hydrogen-bond acceptors (Lipinski definition) is 4. The van der Waals surface area contributed by atoms with Crippen LogP contribution in [0.25, 0.3) is 0 Å². The zero-order valence-electron chi connectivity index (χ0n) is 13.0. The van der Waals surface area contributed by atoms with Gasteiger partial charge in [-0.25, -0.2) is 0 Å². The number of hydrogen-bond donors (Lipinski definition) is 2. The van der Waals surface area contributed by atoms with Crippen LogP contribution in [0.5, 0.6) is 5.75 Å². The fourth-order valence-electron chi connectivity index (χ4n) is 3.35. The quantitative estimate of drug-likeness (QED) is 0.893. The van der Waals surface area contributed by atoms with Crippen molar-refractivity contribution in [3.63, 3.8) is 0 Å². The average molecular weight is 289 g/mol. The number of anilines is 2. The van der Waals surface area contributed by atoms with E-state index in [9.17, 15) is 0 Å². The SMILES string of the molecule is COc1ccc(N[C@@H]2CCCNC2)c(N2CCCCC2)c1. The molecule has 2 N–H and O–H groups in total. The second kappa shape index (κ2) is 7.03. The molecule has 0 bridgehead atoms. The molecule has 0 saturated carbocycles. The minimum absolute atomic E-state index is 0.538. The van der Waals surface area contributed by atoms with Crippen LogP contribution < -0.4 is 20.3 Å². The first-order valence-corrected chi connectivity index (χ1v) is 8.27. The van der Waals surface area contributed by atoms with Gasteiger partial charge in [-0.2, -0.15) is 0 Å². The summed E-state index contributed by atoms with van der Waals surface area (Å²) in [5, 5.41) is 7.21. The lowest BCUT2D eigenvalue weighted by Gasteiger charge is -2.33. The highest BCUT2D eigenvalue weighted by Gasteiger charge is 2.18. The van der Waals surface area contributed by atoms with Crippen LogP contribution in [0.4, 0.5) is 11.4 Å². The van der Waals surface area contributed by atoms with Crippen LogP contribution in [-0.2, 0) is 0 Å². The van der Waals surface area contributed by atoms with E-state index in [0.717, 1.165) is 31.9 Å². The predicted molar refractivity (Wildman–Crippen MR) is 88.6 cm³/mol. The van der Waals surface area contributed by atoms with Crippen molar-refractivity contribution in [2.45, 2.75) is 38.1 Å². The Morgan fingerprint density at radius 1 is 1.19 bits per heavy atom. The third-order valence-electron chi connectivity index (χ3n) is 4.56. The standard InChI is InChI=1S/C17H27N3O/c1-21-15-7-8-16(19-14-6-5-9-18-13-14)17(12-15)20-10-3-2-4-11-20/h7-8,12,14,18-19H,2-6,9-11,13H2,1H3/t14-/m1/s1. The Morgan fingerprint density at radius 2 is 2.05 bits per heavy atom. The van der Waals surface area contributed by atoms with Gasteiger partial charge in [0, 0.05) is 31.7 Å². The van der Waals surface area contributed by atoms with Crippen molar-refractivity contribution >= 4 is 11.4 Å². The van der Waals surface area contributed by atoms with Crippen molar-refractivity contribution in [3.8, 4) is 5.75 Å². The summed E-state index contributed by atoms with van der Waals surface area (Å²) in [6.07, 6.45) is 6.45. The fourth-order valence-corrected chi connectivity index (χ4v) is 3.35. The third-order valence-corrected chi connectivity index (χ3v) is 4.56. The minimum Gasteiger partial charge on any atom is -0.497 e. The Hall–Kier alpha value is -1.42. The van der Waals surface area contributed by atoms with Crippen molar-refractivity contribution < 1.29 is 4.74 Å². The molecule has 0 radical (unpaired) electrons. The van der Waals surface area contributed by atoms with Gasteiger partial charge in [0.25, 0.3) is 0 Å². The Bertz CT molecular complexity index is 451. The first-order valence-electron chi connectivity index (χ1n) is 8.27. The summed E-state index contributed by atoms with van der Waals surface area (Å²) in [5.74, 6) is 0.947. The lowest BCUT2D eigenvalue weighted by atomic mass is 10.1. The highest BCUT2D eigenvalue weighted by atomic mass is 16.5. The largest absolute Gasteiger partial charge is 0.497 e. The van der Waals surface area contributed by atoms with Gasteiger partial charge in [-0.05, 0) is 50.8 Å². The zero-order chi connectivity index (χ0) is 14.5. The Labute approximate surface area is 127 Å². The van der Waals surface area contributed by atoms with Gasteiger partial charge in [0.1, 0.15) is 5.75 Å². The number of nitrogens with one attached hydrogen (secondary N) is 2. The van der Waals surface area contributed by atoms with E-state index in [2.05, 4.69) is 33.7 Å². The van der Waals surface area contributed by atoms with E-state index in [1.807, 2.05) is 0 Å². The second-order valence-electron chi connectivity index (χ2n) is 6.12. The molecule has 0 aromatic heterocycles. The van der Waals surface area contributed by atoms with Gasteiger partial charge in [-0.1, -0.05) is 0 Å². The molecule has 1 aromatic rings. The van der Waals surface area contributed by atoms with Crippen LogP contribution in [0.3, 0.4) is 0 Å². The van der Waals surface area contributed by atoms with Gasteiger partial charge in [0.15, 0.2) is 0 Å². The molecule has 4 heteroatoms. The normalized spacial score (nSPS) is 22.9. The van der Waals surface area contributed by atoms with Crippen LogP contribution in [-0.4, -0.2) is 39.3 Å². The Kier molecular flexibility index (Phi) is 4.86. The molecular formula is C17H27N3O. The van der Waals surface area contributed by atoms with Crippen LogP contribution in [0.1, 0.15) is 32.1 Å². The van der Waals surface area contributed by atoms with E-state index in [0.29, 0.717) is 6.04 Å². The second-order valence-corrected chi connectivity index (χ2v) is 6.12. The fraction of sp³-hybridized carbons (Fsp3) is 0.647. The van der Waals surface area contributed by atoms with Crippen LogP contribution >= 0.6 is 0 Å². The molecule has 2 saturated heterocycles. The van der Waals surface area contributed by atoms with Gasteiger partial charge in [0.2, 0.25) is 0 Å². The van der Waals surface area contributed by atoms with E-state index < -0.39 is 0 Å². The molecule has 0 amide bonds. The van der Waals surface area contributed by atoms with Crippen molar-refractivity contribution in [1.82, 2.24) is 5.32 Å². The molecule has 2 fully saturated rings. The van der Waals surface area contributed by atoms with E-state index in [-0.39, 0.29) is 0 Å². The van der Waals surface area contributed by atoms with E-state index in [1.165, 1.54) is 43.5 Å². The lowest BCUT2D eigenvalue weighted by Crippen LogP contribution is -2.39. The van der Waals surface area contributed by atoms with Crippen LogP contribution in [0, 0.1) is 0 Å². The van der Waals surface area contributed by atoms with Gasteiger partial charge in [-0.15, -0.1) is 0 Å². The number of methoxy groups -OCH3 is 1. The van der Waals surface area contributed by atoms with Crippen molar-refractivity contribution in [2.75, 3.05) is 43.5 Å². The number of piperidine rings is 2. The maximum atomic E-state index is 5.42. The van der Waals surface area contributed by atoms with Crippen molar-refractivity contribution in [1.29, 1.82) is 0 Å². The van der Waals surface area contributed by atoms with Crippen LogP contribution in [0.2, 0.25) is 0 Å². The highest BCUT2D eigenvalue weighted by molar-refractivity contribution is 5.72. The third kappa shape index (κ3) is 3.62. The number of ether oxygens (including phenoxy) is 1. The molecule has 0 aliphatic carbocycles. The van der Waals surface area contributed by atoms with Gasteiger partial charge in [-0.3, -0.25) is 0 Å². The number of nitrogens with zero attached hydrogens (tertiary/aromatic N) is 1. The number of benzene rings is 1. The molecule has 4 nitrogen and oxygen atoms in total. The molecule has 116 valence electrons. The number of rotatable bonds is 4. The maximum Gasteiger partial charge on any atom is 0.121 e. The Morgan fingerprint density at radius 3 is 2.76 bits per heavy atom. The van der Waals surface area contributed by atoms with E-state index in [1.54, 1.807) is 7.11 Å². The predicted octanol–water partition coefficient (Wildman–Crippen LogP) is 2.85. The summed E-state index contributed by atoms with van der Waals surface area (Å²) in [6.45, 7) is 4.53. The molecule has 21 heavy (non-hydrogen) atoms. The van der Waals surface area contributed by atoms with Crippen molar-refractivity contribution in [3.05, 3.63) is 18.2 Å². The summed E-state index contributed by atoms with van der Waals surface area (Å²) in [5.41, 5.74) is 2.56. The molecule has 3 rings (SSSR count). The molecule has 2 heterocycles. The van der Waals surface area contributed by atoms with Gasteiger partial charge in [0.05, 0.1) is 18.5 Å². The molecular weight excluding hydrogens is 262 g/mol. The smallest absolute Gasteiger partial charge is 0.121 e. The summed E-state index contributed by atoms with van der Waals surface area (Å²) < 4.78 is 5.42. The van der Waals surface area contributed by atoms with E-state index in [4.69, 9.17) is 4.74 Å². The molecule has 2 aliphatic heterocycles. The molecule has 1 atom stereocenters. The summed E-state index contributed by atoms with van der Waals surface area (Å²) in [4.78, 5) is 2.50. The molecule has 1 aromatic carbocycles. The summed E-state index contributed by atoms with van der Waals surface area (Å²) in [7, 11) is 1.74. The average Bonchev–Trinajstić information content (AvgIpc) is 2.57. The maximum absolute atomic E-state index is 5.42. The first-order chi connectivity index (χ1) is 10.4. The van der Waals surface area contributed by atoms with Gasteiger partial charge >= 0.3 is 0 Å². The van der Waals surface area contributed by atoms with Gasteiger partial charge < -0.3 is 20.3 Å². The Balaban J connectivity index is 1.79. The monoisotopic (exact) mass is 289 g/mol. The first kappa shape index (κ1) is 14.5. The zero-order valence-corrected chi connectivity index (χ0v) is 13.0. The summed E-state index contributed by atoms with van der Waals surface area (Å²) >= 11 is 0. The molecule has 2 aliphatic rings.